The molecule has 1 aromatic heterocycles. The van der Waals surface area contributed by atoms with Gasteiger partial charge < -0.3 is 9.72 Å². The molecule has 118 valence electrons. The average Bonchev–Trinajstić information content (AvgIpc) is 2.42. The summed E-state index contributed by atoms with van der Waals surface area (Å²) in [5, 5.41) is 0. The van der Waals surface area contributed by atoms with Crippen LogP contribution in [0.4, 0.5) is 0 Å². The first-order valence-corrected chi connectivity index (χ1v) is 8.35. The first kappa shape index (κ1) is 16.7. The molecule has 0 aromatic carbocycles. The monoisotopic (exact) mass is 356 g/mol. The second-order valence-corrected chi connectivity index (χ2v) is 7.92. The number of ether oxygens (including phenoxy) is 1. The minimum atomic E-state index is -0.459. The lowest BCUT2D eigenvalue weighted by atomic mass is 9.70. The third-order valence-corrected chi connectivity index (χ3v) is 5.44. The normalized spacial score (nSPS) is 20.7. The van der Waals surface area contributed by atoms with E-state index >= 15 is 0 Å². The number of aromatic nitrogens is 2. The standard InChI is InChI=1S/C16H25BrN2O2/c1-10(2)12-11(17)13(20)19-14(18-12)16(21-5)8-6-15(3,4)7-9-16/h10H,6-9H2,1-5H3,(H,18,19,20). The van der Waals surface area contributed by atoms with Crippen LogP contribution in [0.1, 0.15) is 70.8 Å². The maximum Gasteiger partial charge on any atom is 0.265 e. The van der Waals surface area contributed by atoms with Gasteiger partial charge in [0, 0.05) is 7.11 Å². The average molecular weight is 357 g/mol. The molecule has 21 heavy (non-hydrogen) atoms. The van der Waals surface area contributed by atoms with Gasteiger partial charge in [-0.3, -0.25) is 4.79 Å². The molecule has 0 spiro atoms. The molecule has 4 nitrogen and oxygen atoms in total. The summed E-state index contributed by atoms with van der Waals surface area (Å²) in [5.41, 5.74) is 0.553. The van der Waals surface area contributed by atoms with E-state index in [0.29, 0.717) is 15.7 Å². The van der Waals surface area contributed by atoms with Crippen LogP contribution in [0.2, 0.25) is 0 Å². The lowest BCUT2D eigenvalue weighted by Crippen LogP contribution is -2.39. The van der Waals surface area contributed by atoms with E-state index in [0.717, 1.165) is 31.4 Å². The van der Waals surface area contributed by atoms with Crippen molar-refractivity contribution in [1.29, 1.82) is 0 Å². The van der Waals surface area contributed by atoms with Gasteiger partial charge in [-0.25, -0.2) is 4.98 Å². The number of hydrogen-bond donors (Lipinski definition) is 1. The second kappa shape index (κ2) is 5.84. The van der Waals surface area contributed by atoms with E-state index in [2.05, 4.69) is 34.8 Å². The van der Waals surface area contributed by atoms with Crippen molar-refractivity contribution in [1.82, 2.24) is 9.97 Å². The fourth-order valence-electron chi connectivity index (χ4n) is 2.94. The summed E-state index contributed by atoms with van der Waals surface area (Å²) in [6.07, 6.45) is 3.91. The van der Waals surface area contributed by atoms with Crippen LogP contribution < -0.4 is 5.56 Å². The van der Waals surface area contributed by atoms with Crippen molar-refractivity contribution in [3.63, 3.8) is 0 Å². The van der Waals surface area contributed by atoms with Crippen molar-refractivity contribution in [2.45, 2.75) is 64.9 Å². The Kier molecular flexibility index (Phi) is 4.64. The van der Waals surface area contributed by atoms with Gasteiger partial charge in [-0.1, -0.05) is 27.7 Å². The number of methoxy groups -OCH3 is 1. The summed E-state index contributed by atoms with van der Waals surface area (Å²) in [4.78, 5) is 19.8. The zero-order chi connectivity index (χ0) is 15.8. The predicted octanol–water partition coefficient (Wildman–Crippen LogP) is 4.10. The largest absolute Gasteiger partial charge is 0.370 e. The van der Waals surface area contributed by atoms with Gasteiger partial charge in [-0.05, 0) is 52.9 Å². The molecule has 1 N–H and O–H groups in total. The van der Waals surface area contributed by atoms with Gasteiger partial charge in [0.25, 0.3) is 5.56 Å². The number of aromatic amines is 1. The maximum atomic E-state index is 12.2. The van der Waals surface area contributed by atoms with Crippen LogP contribution in [0.5, 0.6) is 0 Å². The summed E-state index contributed by atoms with van der Waals surface area (Å²) >= 11 is 3.35. The molecule has 1 saturated carbocycles. The zero-order valence-electron chi connectivity index (χ0n) is 13.5. The SMILES string of the molecule is COC1(c2nc(C(C)C)c(Br)c(=O)[nH]2)CCC(C)(C)CC1. The third-order valence-electron chi connectivity index (χ3n) is 4.67. The predicted molar refractivity (Wildman–Crippen MR) is 87.6 cm³/mol. The smallest absolute Gasteiger partial charge is 0.265 e. The Labute approximate surface area is 134 Å². The van der Waals surface area contributed by atoms with E-state index in [-0.39, 0.29) is 11.5 Å². The molecular weight excluding hydrogens is 332 g/mol. The van der Waals surface area contributed by atoms with Crippen LogP contribution in [0, 0.1) is 5.41 Å². The Balaban J connectivity index is 2.47. The number of halogens is 1. The molecule has 1 fully saturated rings. The first-order chi connectivity index (χ1) is 9.71. The summed E-state index contributed by atoms with van der Waals surface area (Å²) in [5.74, 6) is 0.867. The lowest BCUT2D eigenvalue weighted by molar-refractivity contribution is -0.0732. The second-order valence-electron chi connectivity index (χ2n) is 7.13. The van der Waals surface area contributed by atoms with Crippen LogP contribution in [0.15, 0.2) is 9.27 Å². The Bertz CT molecular complexity index is 568. The van der Waals surface area contributed by atoms with Gasteiger partial charge >= 0.3 is 0 Å². The van der Waals surface area contributed by atoms with E-state index in [1.807, 2.05) is 13.8 Å². The Morgan fingerprint density at radius 1 is 1.24 bits per heavy atom. The minimum Gasteiger partial charge on any atom is -0.370 e. The quantitative estimate of drug-likeness (QED) is 0.886. The molecule has 1 aliphatic carbocycles. The highest BCUT2D eigenvalue weighted by Gasteiger charge is 2.42. The molecule has 0 unspecified atom stereocenters. The first-order valence-electron chi connectivity index (χ1n) is 7.56. The van der Waals surface area contributed by atoms with Crippen LogP contribution in [-0.4, -0.2) is 17.1 Å². The Morgan fingerprint density at radius 3 is 2.29 bits per heavy atom. The Morgan fingerprint density at radius 2 is 1.81 bits per heavy atom. The number of H-pyrrole nitrogens is 1. The minimum absolute atomic E-state index is 0.120. The maximum absolute atomic E-state index is 12.2. The molecule has 1 aliphatic rings. The van der Waals surface area contributed by atoms with Gasteiger partial charge in [0.2, 0.25) is 0 Å². The van der Waals surface area contributed by atoms with E-state index in [1.54, 1.807) is 7.11 Å². The van der Waals surface area contributed by atoms with Crippen LogP contribution in [0.25, 0.3) is 0 Å². The number of rotatable bonds is 3. The molecule has 0 saturated heterocycles. The van der Waals surface area contributed by atoms with Crippen molar-refractivity contribution in [2.75, 3.05) is 7.11 Å². The van der Waals surface area contributed by atoms with Gasteiger partial charge in [-0.2, -0.15) is 0 Å². The molecule has 5 heteroatoms. The molecule has 0 aliphatic heterocycles. The van der Waals surface area contributed by atoms with Crippen LogP contribution in [0.3, 0.4) is 0 Å². The summed E-state index contributed by atoms with van der Waals surface area (Å²) < 4.78 is 6.37. The van der Waals surface area contributed by atoms with Crippen LogP contribution >= 0.6 is 15.9 Å². The summed E-state index contributed by atoms with van der Waals surface area (Å²) in [7, 11) is 1.72. The van der Waals surface area contributed by atoms with Gasteiger partial charge in [0.05, 0.1) is 5.69 Å². The molecule has 1 heterocycles. The topological polar surface area (TPSA) is 55.0 Å². The third kappa shape index (κ3) is 3.24. The highest BCUT2D eigenvalue weighted by Crippen LogP contribution is 2.46. The van der Waals surface area contributed by atoms with E-state index in [1.165, 1.54) is 0 Å². The van der Waals surface area contributed by atoms with Crippen molar-refractivity contribution < 1.29 is 4.74 Å². The van der Waals surface area contributed by atoms with E-state index < -0.39 is 5.60 Å². The fourth-order valence-corrected chi connectivity index (χ4v) is 3.59. The Hall–Kier alpha value is -0.680. The fraction of sp³-hybridized carbons (Fsp3) is 0.750. The highest BCUT2D eigenvalue weighted by molar-refractivity contribution is 9.10. The molecule has 0 radical (unpaired) electrons. The summed E-state index contributed by atoms with van der Waals surface area (Å²) in [6, 6.07) is 0. The molecule has 0 atom stereocenters. The zero-order valence-corrected chi connectivity index (χ0v) is 15.1. The molecule has 2 rings (SSSR count). The van der Waals surface area contributed by atoms with Gasteiger partial charge in [0.1, 0.15) is 15.9 Å². The van der Waals surface area contributed by atoms with Crippen molar-refractivity contribution in [3.8, 4) is 0 Å². The number of hydrogen-bond acceptors (Lipinski definition) is 3. The van der Waals surface area contributed by atoms with Gasteiger partial charge in [-0.15, -0.1) is 0 Å². The summed E-state index contributed by atoms with van der Waals surface area (Å²) in [6.45, 7) is 8.65. The molecular formula is C16H25BrN2O2. The van der Waals surface area contributed by atoms with Crippen molar-refractivity contribution in [3.05, 3.63) is 26.3 Å². The lowest BCUT2D eigenvalue weighted by Gasteiger charge is -2.42. The van der Waals surface area contributed by atoms with Crippen molar-refractivity contribution in [2.24, 2.45) is 5.41 Å². The van der Waals surface area contributed by atoms with Crippen LogP contribution in [-0.2, 0) is 10.3 Å². The van der Waals surface area contributed by atoms with E-state index in [9.17, 15) is 4.79 Å². The molecule has 1 aromatic rings. The number of nitrogens with zero attached hydrogens (tertiary/aromatic N) is 1. The van der Waals surface area contributed by atoms with Crippen molar-refractivity contribution >= 4 is 15.9 Å². The molecule has 0 bridgehead atoms. The number of nitrogens with one attached hydrogen (secondary N) is 1. The molecule has 0 amide bonds. The highest BCUT2D eigenvalue weighted by atomic mass is 79.9. The van der Waals surface area contributed by atoms with E-state index in [4.69, 9.17) is 9.72 Å². The van der Waals surface area contributed by atoms with Gasteiger partial charge in [0.15, 0.2) is 0 Å².